The molecule has 0 spiro atoms. The Bertz CT molecular complexity index is 1870. The molecule has 2 aliphatic carbocycles. The van der Waals surface area contributed by atoms with Gasteiger partial charge in [0.25, 0.3) is 0 Å². The van der Waals surface area contributed by atoms with Gasteiger partial charge in [-0.15, -0.1) is 0 Å². The Hall–Kier alpha value is -5.05. The van der Waals surface area contributed by atoms with Crippen LogP contribution >= 0.6 is 0 Å². The summed E-state index contributed by atoms with van der Waals surface area (Å²) in [4.78, 5) is 26.3. The predicted molar refractivity (Wildman–Crippen MR) is 210 cm³/mol. The second-order valence-electron chi connectivity index (χ2n) is 14.6. The van der Waals surface area contributed by atoms with Crippen LogP contribution < -0.4 is 19.3 Å². The lowest BCUT2D eigenvalue weighted by Gasteiger charge is -2.25. The number of anilines is 4. The third-order valence-corrected chi connectivity index (χ3v) is 9.75. The van der Waals surface area contributed by atoms with Crippen molar-refractivity contribution in [1.82, 2.24) is 0 Å². The van der Waals surface area contributed by atoms with Crippen molar-refractivity contribution in [2.24, 2.45) is 11.8 Å². The number of hydrogen-bond acceptors (Lipinski definition) is 6. The normalized spacial score (nSPS) is 13.7. The van der Waals surface area contributed by atoms with Crippen LogP contribution in [0.4, 0.5) is 27.1 Å². The Kier molecular flexibility index (Phi) is 13.0. The van der Waals surface area contributed by atoms with E-state index >= 15 is 0 Å². The minimum Gasteiger partial charge on any atom is -0.493 e. The van der Waals surface area contributed by atoms with Gasteiger partial charge in [0.15, 0.2) is 0 Å². The standard InChI is InChI=1S/C22H26FNO3.C22H27NO3/c1-4-24(17-7-9-18(22(25)26)20(23)12-17)16-8-10-21(19(11-16)14(2)3)27-13-15-5-6-15;1-4-23(18-9-7-17(8-10-18)22(24)25)19-11-12-21(20(13-19)15(2)3)26-14-16-5-6-16/h7-12,14-15H,4-6,13H2,1-3H3,(H,25,26);7-13,15-16H,4-6,14H2,1-3H3,(H,24,25). The third kappa shape index (κ3) is 10.3. The van der Waals surface area contributed by atoms with Crippen LogP contribution in [-0.2, 0) is 0 Å². The molecule has 0 bridgehead atoms. The van der Waals surface area contributed by atoms with E-state index in [0.717, 1.165) is 59.8 Å². The molecule has 2 N–H and O–H groups in total. The van der Waals surface area contributed by atoms with Gasteiger partial charge in [-0.1, -0.05) is 27.7 Å². The van der Waals surface area contributed by atoms with Crippen LogP contribution in [0.1, 0.15) is 111 Å². The van der Waals surface area contributed by atoms with Crippen LogP contribution in [0.5, 0.6) is 11.5 Å². The van der Waals surface area contributed by atoms with Crippen molar-refractivity contribution in [3.8, 4) is 11.5 Å². The first-order valence-electron chi connectivity index (χ1n) is 18.8. The van der Waals surface area contributed by atoms with Crippen molar-refractivity contribution in [3.05, 3.63) is 107 Å². The van der Waals surface area contributed by atoms with Gasteiger partial charge in [-0.25, -0.2) is 14.0 Å². The van der Waals surface area contributed by atoms with Crippen LogP contribution in [0.2, 0.25) is 0 Å². The van der Waals surface area contributed by atoms with Gasteiger partial charge in [-0.05, 0) is 153 Å². The molecule has 2 aliphatic rings. The highest BCUT2D eigenvalue weighted by molar-refractivity contribution is 5.89. The second kappa shape index (κ2) is 17.6. The van der Waals surface area contributed by atoms with E-state index in [-0.39, 0.29) is 5.56 Å². The molecule has 2 saturated carbocycles. The van der Waals surface area contributed by atoms with Crippen LogP contribution in [0.25, 0.3) is 0 Å². The molecular weight excluding hydrogens is 671 g/mol. The molecule has 53 heavy (non-hydrogen) atoms. The predicted octanol–water partition coefficient (Wildman–Crippen LogP) is 11.0. The fourth-order valence-corrected chi connectivity index (χ4v) is 6.21. The lowest BCUT2D eigenvalue weighted by atomic mass is 10.0. The molecule has 9 heteroatoms. The summed E-state index contributed by atoms with van der Waals surface area (Å²) in [6.07, 6.45) is 5.06. The number of carboxylic acid groups (broad SMARTS) is 2. The monoisotopic (exact) mass is 724 g/mol. The molecular formula is C44H53FN2O6. The van der Waals surface area contributed by atoms with Gasteiger partial charge in [-0.3, -0.25) is 0 Å². The molecule has 0 aromatic heterocycles. The van der Waals surface area contributed by atoms with E-state index in [1.54, 1.807) is 18.2 Å². The second-order valence-corrected chi connectivity index (χ2v) is 14.6. The molecule has 4 aromatic carbocycles. The number of benzene rings is 4. The SMILES string of the molecule is CCN(c1ccc(C(=O)O)c(F)c1)c1ccc(OCC2CC2)c(C(C)C)c1.CCN(c1ccc(C(=O)O)cc1)c1ccc(OCC2CC2)c(C(C)C)c1. The molecule has 6 rings (SSSR count). The van der Waals surface area contributed by atoms with E-state index in [0.29, 0.717) is 35.5 Å². The van der Waals surface area contributed by atoms with Crippen LogP contribution in [0, 0.1) is 17.7 Å². The summed E-state index contributed by atoms with van der Waals surface area (Å²) in [5, 5.41) is 18.1. The average molecular weight is 725 g/mol. The molecule has 4 aromatic rings. The highest BCUT2D eigenvalue weighted by Crippen LogP contribution is 2.38. The molecule has 0 atom stereocenters. The first-order chi connectivity index (χ1) is 25.4. The third-order valence-electron chi connectivity index (χ3n) is 9.75. The smallest absolute Gasteiger partial charge is 0.338 e. The Labute approximate surface area is 313 Å². The van der Waals surface area contributed by atoms with Gasteiger partial charge >= 0.3 is 11.9 Å². The van der Waals surface area contributed by atoms with Crippen molar-refractivity contribution in [1.29, 1.82) is 0 Å². The zero-order chi connectivity index (χ0) is 38.2. The Morgan fingerprint density at radius 1 is 0.642 bits per heavy atom. The summed E-state index contributed by atoms with van der Waals surface area (Å²) in [5.41, 5.74) is 5.96. The summed E-state index contributed by atoms with van der Waals surface area (Å²) >= 11 is 0. The van der Waals surface area contributed by atoms with Crippen LogP contribution in [0.3, 0.4) is 0 Å². The average Bonchev–Trinajstić information content (AvgIpc) is 4.08. The van der Waals surface area contributed by atoms with Crippen molar-refractivity contribution < 1.29 is 33.7 Å². The fraction of sp³-hybridized carbons (Fsp3) is 0.409. The maximum atomic E-state index is 14.1. The van der Waals surface area contributed by atoms with Gasteiger partial charge in [-0.2, -0.15) is 0 Å². The maximum absolute atomic E-state index is 14.1. The number of aromatic carboxylic acids is 2. The van der Waals surface area contributed by atoms with E-state index in [1.807, 2.05) is 36.1 Å². The fourth-order valence-electron chi connectivity index (χ4n) is 6.21. The maximum Gasteiger partial charge on any atom is 0.338 e. The zero-order valence-electron chi connectivity index (χ0n) is 31.8. The van der Waals surface area contributed by atoms with Gasteiger partial charge in [0.2, 0.25) is 0 Å². The largest absolute Gasteiger partial charge is 0.493 e. The molecule has 0 radical (unpaired) electrons. The Morgan fingerprint density at radius 3 is 1.43 bits per heavy atom. The summed E-state index contributed by atoms with van der Waals surface area (Å²) in [6, 6.07) is 23.6. The van der Waals surface area contributed by atoms with Gasteiger partial charge in [0, 0.05) is 35.8 Å². The molecule has 0 aliphatic heterocycles. The van der Waals surface area contributed by atoms with Gasteiger partial charge in [0.05, 0.1) is 24.3 Å². The lowest BCUT2D eigenvalue weighted by molar-refractivity contribution is 0.0683. The first-order valence-corrected chi connectivity index (χ1v) is 18.8. The highest BCUT2D eigenvalue weighted by atomic mass is 19.1. The molecule has 0 saturated heterocycles. The van der Waals surface area contributed by atoms with Gasteiger partial charge in [0.1, 0.15) is 17.3 Å². The number of carbonyl (C=O) groups is 2. The summed E-state index contributed by atoms with van der Waals surface area (Å²) in [5.74, 6) is 1.08. The molecule has 0 heterocycles. The molecule has 282 valence electrons. The minimum atomic E-state index is -1.26. The van der Waals surface area contributed by atoms with Crippen LogP contribution in [-0.4, -0.2) is 48.5 Å². The number of carboxylic acids is 2. The van der Waals surface area contributed by atoms with E-state index in [9.17, 15) is 14.0 Å². The number of halogens is 1. The lowest BCUT2D eigenvalue weighted by Crippen LogP contribution is -2.17. The van der Waals surface area contributed by atoms with Gasteiger partial charge < -0.3 is 29.5 Å². The molecule has 2 fully saturated rings. The Morgan fingerprint density at radius 2 is 1.06 bits per heavy atom. The van der Waals surface area contributed by atoms with E-state index in [2.05, 4.69) is 63.8 Å². The van der Waals surface area contributed by atoms with E-state index < -0.39 is 17.8 Å². The first kappa shape index (κ1) is 39.2. The molecule has 0 amide bonds. The van der Waals surface area contributed by atoms with Crippen molar-refractivity contribution in [2.45, 2.75) is 79.1 Å². The molecule has 0 unspecified atom stereocenters. The topological polar surface area (TPSA) is 99.5 Å². The number of nitrogens with zero attached hydrogens (tertiary/aromatic N) is 2. The minimum absolute atomic E-state index is 0.295. The molecule has 8 nitrogen and oxygen atoms in total. The summed E-state index contributed by atoms with van der Waals surface area (Å²) < 4.78 is 26.2. The van der Waals surface area contributed by atoms with Crippen molar-refractivity contribution in [2.75, 3.05) is 36.1 Å². The van der Waals surface area contributed by atoms with E-state index in [4.69, 9.17) is 19.7 Å². The quantitative estimate of drug-likeness (QED) is 0.118. The Balaban J connectivity index is 0.000000204. The van der Waals surface area contributed by atoms with Crippen molar-refractivity contribution in [3.63, 3.8) is 0 Å². The summed E-state index contributed by atoms with van der Waals surface area (Å²) in [6.45, 7) is 15.7. The highest BCUT2D eigenvalue weighted by Gasteiger charge is 2.24. The van der Waals surface area contributed by atoms with Crippen LogP contribution in [0.15, 0.2) is 78.9 Å². The number of hydrogen-bond donors (Lipinski definition) is 2. The summed E-state index contributed by atoms with van der Waals surface area (Å²) in [7, 11) is 0. The van der Waals surface area contributed by atoms with E-state index in [1.165, 1.54) is 43.4 Å². The van der Waals surface area contributed by atoms with Crippen molar-refractivity contribution >= 4 is 34.7 Å². The number of ether oxygens (including phenoxy) is 2. The zero-order valence-corrected chi connectivity index (χ0v) is 31.8. The number of rotatable bonds is 16.